The van der Waals surface area contributed by atoms with E-state index in [1.165, 1.54) is 0 Å². The number of anilines is 1. The number of nitrogen functional groups attached to an aromatic ring is 1. The van der Waals surface area contributed by atoms with Crippen LogP contribution in [-0.4, -0.2) is 35.8 Å². The second-order valence-electron chi connectivity index (χ2n) is 4.81. The summed E-state index contributed by atoms with van der Waals surface area (Å²) in [5.41, 5.74) is 7.74. The highest BCUT2D eigenvalue weighted by Crippen LogP contribution is 2.24. The Bertz CT molecular complexity index is 387. The lowest BCUT2D eigenvalue weighted by molar-refractivity contribution is 0.0788. The molecule has 0 saturated carbocycles. The number of aliphatic hydroxyl groups is 1. The van der Waals surface area contributed by atoms with Crippen LogP contribution in [0.15, 0.2) is 18.2 Å². The van der Waals surface area contributed by atoms with Gasteiger partial charge in [0.05, 0.1) is 12.7 Å². The maximum absolute atomic E-state index is 9.50. The SMILES string of the molecule is CCOc1ccc(N)cc1CN1CCC(O)CC1. The third-order valence-corrected chi connectivity index (χ3v) is 3.34. The summed E-state index contributed by atoms with van der Waals surface area (Å²) in [4.78, 5) is 2.34. The predicted octanol–water partition coefficient (Wildman–Crippen LogP) is 1.62. The Hall–Kier alpha value is -1.26. The van der Waals surface area contributed by atoms with Crippen molar-refractivity contribution in [3.05, 3.63) is 23.8 Å². The van der Waals surface area contributed by atoms with Crippen LogP contribution in [0.4, 0.5) is 5.69 Å². The Morgan fingerprint density at radius 1 is 1.39 bits per heavy atom. The lowest BCUT2D eigenvalue weighted by atomic mass is 10.1. The van der Waals surface area contributed by atoms with Gasteiger partial charge in [-0.1, -0.05) is 0 Å². The zero-order valence-electron chi connectivity index (χ0n) is 10.9. The molecule has 0 radical (unpaired) electrons. The van der Waals surface area contributed by atoms with Gasteiger partial charge in [0.2, 0.25) is 0 Å². The van der Waals surface area contributed by atoms with Crippen LogP contribution in [0, 0.1) is 0 Å². The van der Waals surface area contributed by atoms with Gasteiger partial charge in [-0.05, 0) is 38.0 Å². The fourth-order valence-electron chi connectivity index (χ4n) is 2.34. The van der Waals surface area contributed by atoms with Gasteiger partial charge in [0, 0.05) is 30.9 Å². The zero-order valence-corrected chi connectivity index (χ0v) is 10.9. The third-order valence-electron chi connectivity index (χ3n) is 3.34. The highest BCUT2D eigenvalue weighted by atomic mass is 16.5. The van der Waals surface area contributed by atoms with Crippen LogP contribution in [0.2, 0.25) is 0 Å². The molecule has 1 heterocycles. The number of piperidine rings is 1. The molecule has 0 aliphatic carbocycles. The van der Waals surface area contributed by atoms with Crippen LogP contribution in [0.3, 0.4) is 0 Å². The van der Waals surface area contributed by atoms with Gasteiger partial charge < -0.3 is 15.6 Å². The third kappa shape index (κ3) is 3.37. The second kappa shape index (κ2) is 6.07. The predicted molar refractivity (Wildman–Crippen MR) is 72.5 cm³/mol. The van der Waals surface area contributed by atoms with Crippen LogP contribution in [-0.2, 0) is 6.54 Å². The first-order valence-electron chi connectivity index (χ1n) is 6.60. The van der Waals surface area contributed by atoms with Crippen molar-refractivity contribution < 1.29 is 9.84 Å². The van der Waals surface area contributed by atoms with E-state index < -0.39 is 0 Å². The Kier molecular flexibility index (Phi) is 4.44. The number of rotatable bonds is 4. The molecule has 1 aromatic rings. The quantitative estimate of drug-likeness (QED) is 0.797. The smallest absolute Gasteiger partial charge is 0.123 e. The standard InChI is InChI=1S/C14H22N2O2/c1-2-18-14-4-3-12(15)9-11(14)10-16-7-5-13(17)6-8-16/h3-4,9,13,17H,2,5-8,10,15H2,1H3. The summed E-state index contributed by atoms with van der Waals surface area (Å²) in [6.45, 7) is 5.35. The first-order chi connectivity index (χ1) is 8.69. The van der Waals surface area contributed by atoms with Gasteiger partial charge in [-0.25, -0.2) is 0 Å². The molecule has 1 fully saturated rings. The number of benzene rings is 1. The molecular weight excluding hydrogens is 228 g/mol. The van der Waals surface area contributed by atoms with Crippen LogP contribution >= 0.6 is 0 Å². The van der Waals surface area contributed by atoms with E-state index in [4.69, 9.17) is 10.5 Å². The molecule has 4 nitrogen and oxygen atoms in total. The largest absolute Gasteiger partial charge is 0.494 e. The lowest BCUT2D eigenvalue weighted by Gasteiger charge is -2.30. The van der Waals surface area contributed by atoms with Gasteiger partial charge in [0.1, 0.15) is 5.75 Å². The van der Waals surface area contributed by atoms with Crippen molar-refractivity contribution in [2.75, 3.05) is 25.4 Å². The van der Waals surface area contributed by atoms with Gasteiger partial charge in [0.15, 0.2) is 0 Å². The van der Waals surface area contributed by atoms with Crippen LogP contribution in [0.1, 0.15) is 25.3 Å². The first kappa shape index (κ1) is 13.2. The van der Waals surface area contributed by atoms with Crippen LogP contribution in [0.25, 0.3) is 0 Å². The first-order valence-corrected chi connectivity index (χ1v) is 6.60. The van der Waals surface area contributed by atoms with Crippen molar-refractivity contribution in [3.8, 4) is 5.75 Å². The Balaban J connectivity index is 2.05. The van der Waals surface area contributed by atoms with Crippen LogP contribution in [0.5, 0.6) is 5.75 Å². The topological polar surface area (TPSA) is 58.7 Å². The van der Waals surface area contributed by atoms with E-state index in [0.29, 0.717) is 6.61 Å². The zero-order chi connectivity index (χ0) is 13.0. The highest BCUT2D eigenvalue weighted by Gasteiger charge is 2.18. The highest BCUT2D eigenvalue weighted by molar-refractivity contribution is 5.47. The molecule has 100 valence electrons. The minimum absolute atomic E-state index is 0.131. The summed E-state index contributed by atoms with van der Waals surface area (Å²) in [6, 6.07) is 5.79. The van der Waals surface area contributed by atoms with E-state index in [1.54, 1.807) is 0 Å². The molecule has 1 aliphatic heterocycles. The Morgan fingerprint density at radius 2 is 2.11 bits per heavy atom. The molecule has 0 spiro atoms. The van der Waals surface area contributed by atoms with Gasteiger partial charge in [-0.2, -0.15) is 0 Å². The molecule has 1 aromatic carbocycles. The molecule has 1 aliphatic rings. The number of aliphatic hydroxyl groups excluding tert-OH is 1. The maximum Gasteiger partial charge on any atom is 0.123 e. The summed E-state index contributed by atoms with van der Waals surface area (Å²) in [5.74, 6) is 0.915. The average Bonchev–Trinajstić information content (AvgIpc) is 2.36. The van der Waals surface area contributed by atoms with Crippen LogP contribution < -0.4 is 10.5 Å². The number of ether oxygens (including phenoxy) is 1. The van der Waals surface area contributed by atoms with Gasteiger partial charge in [-0.3, -0.25) is 4.90 Å². The molecule has 0 amide bonds. The molecule has 3 N–H and O–H groups in total. The lowest BCUT2D eigenvalue weighted by Crippen LogP contribution is -2.35. The van der Waals surface area contributed by atoms with Gasteiger partial charge >= 0.3 is 0 Å². The van der Waals surface area contributed by atoms with Crippen molar-refractivity contribution in [1.82, 2.24) is 4.90 Å². The summed E-state index contributed by atoms with van der Waals surface area (Å²) < 4.78 is 5.62. The van der Waals surface area contributed by atoms with Gasteiger partial charge in [0.25, 0.3) is 0 Å². The van der Waals surface area contributed by atoms with Crippen molar-refractivity contribution in [3.63, 3.8) is 0 Å². The second-order valence-corrected chi connectivity index (χ2v) is 4.81. The number of likely N-dealkylation sites (tertiary alicyclic amines) is 1. The fraction of sp³-hybridized carbons (Fsp3) is 0.571. The maximum atomic E-state index is 9.50. The minimum Gasteiger partial charge on any atom is -0.494 e. The Morgan fingerprint density at radius 3 is 2.78 bits per heavy atom. The summed E-state index contributed by atoms with van der Waals surface area (Å²) in [7, 11) is 0. The monoisotopic (exact) mass is 250 g/mol. The molecule has 18 heavy (non-hydrogen) atoms. The molecule has 0 aromatic heterocycles. The molecular formula is C14H22N2O2. The van der Waals surface area contributed by atoms with E-state index in [-0.39, 0.29) is 6.10 Å². The van der Waals surface area contributed by atoms with E-state index in [2.05, 4.69) is 4.90 Å². The molecule has 0 atom stereocenters. The van der Waals surface area contributed by atoms with Crippen molar-refractivity contribution >= 4 is 5.69 Å². The minimum atomic E-state index is -0.131. The number of hydrogen-bond acceptors (Lipinski definition) is 4. The van der Waals surface area contributed by atoms with Crippen molar-refractivity contribution in [2.24, 2.45) is 0 Å². The molecule has 4 heteroatoms. The van der Waals surface area contributed by atoms with Crippen molar-refractivity contribution in [1.29, 1.82) is 0 Å². The van der Waals surface area contributed by atoms with E-state index in [0.717, 1.165) is 49.5 Å². The number of nitrogens with two attached hydrogens (primary N) is 1. The summed E-state index contributed by atoms with van der Waals surface area (Å²) in [5, 5.41) is 9.50. The molecule has 2 rings (SSSR count). The van der Waals surface area contributed by atoms with E-state index in [1.807, 2.05) is 25.1 Å². The summed E-state index contributed by atoms with van der Waals surface area (Å²) >= 11 is 0. The van der Waals surface area contributed by atoms with Crippen molar-refractivity contribution in [2.45, 2.75) is 32.4 Å². The normalized spacial score (nSPS) is 17.9. The van der Waals surface area contributed by atoms with E-state index >= 15 is 0 Å². The fourth-order valence-corrected chi connectivity index (χ4v) is 2.34. The average molecular weight is 250 g/mol. The van der Waals surface area contributed by atoms with E-state index in [9.17, 15) is 5.11 Å². The summed E-state index contributed by atoms with van der Waals surface area (Å²) in [6.07, 6.45) is 1.58. The Labute approximate surface area is 108 Å². The number of hydrogen-bond donors (Lipinski definition) is 2. The number of nitrogens with zero attached hydrogens (tertiary/aromatic N) is 1. The van der Waals surface area contributed by atoms with Gasteiger partial charge in [-0.15, -0.1) is 0 Å². The molecule has 0 bridgehead atoms. The molecule has 1 saturated heterocycles. The molecule has 0 unspecified atom stereocenters.